The van der Waals surface area contributed by atoms with Gasteiger partial charge in [-0.15, -0.1) is 0 Å². The van der Waals surface area contributed by atoms with Crippen molar-refractivity contribution in [3.8, 4) is 0 Å². The Hall–Kier alpha value is -2.06. The van der Waals surface area contributed by atoms with Gasteiger partial charge in [-0.1, -0.05) is 50.0 Å². The number of fused-ring (bicyclic) bond motifs is 2. The lowest BCUT2D eigenvalue weighted by Gasteiger charge is -2.38. The average Bonchev–Trinajstić information content (AvgIpc) is 3.32. The lowest BCUT2D eigenvalue weighted by atomic mass is 9.62. The minimum absolute atomic E-state index is 0.0662. The summed E-state index contributed by atoms with van der Waals surface area (Å²) in [4.78, 5) is 28.3. The summed E-state index contributed by atoms with van der Waals surface area (Å²) in [6.45, 7) is 7.96. The molecule has 0 aromatic heterocycles. The molecule has 1 saturated carbocycles. The van der Waals surface area contributed by atoms with E-state index in [2.05, 4.69) is 10.6 Å². The van der Waals surface area contributed by atoms with E-state index in [1.54, 1.807) is 6.07 Å². The van der Waals surface area contributed by atoms with Gasteiger partial charge in [-0.05, 0) is 85.8 Å². The Balaban J connectivity index is 1.66. The van der Waals surface area contributed by atoms with Crippen LogP contribution in [0.2, 0.25) is 10.0 Å². The van der Waals surface area contributed by atoms with Crippen LogP contribution in [-0.2, 0) is 15.0 Å². The maximum atomic E-state index is 15.0. The van der Waals surface area contributed by atoms with Gasteiger partial charge < -0.3 is 15.7 Å². The SMILES string of the molecule is CC(C)(C)C[C@H]1N[C@@H](C(=O)CC2CCC(C)(O)CC2)[C@H](c2ccc(F)c(Cl)c2)[C@@]12C(=O)Nc1cc(Cl)c(F)cc12. The van der Waals surface area contributed by atoms with Gasteiger partial charge in [-0.3, -0.25) is 9.59 Å². The number of halogens is 4. The molecule has 1 aliphatic carbocycles. The molecule has 9 heteroatoms. The quantitative estimate of drug-likeness (QED) is 0.352. The van der Waals surface area contributed by atoms with Gasteiger partial charge in [0.15, 0.2) is 5.78 Å². The first-order valence-corrected chi connectivity index (χ1v) is 14.6. The number of nitrogens with one attached hydrogen (secondary N) is 2. The molecule has 1 spiro atoms. The summed E-state index contributed by atoms with van der Waals surface area (Å²) in [6, 6.07) is 5.63. The lowest BCUT2D eigenvalue weighted by molar-refractivity contribution is -0.123. The zero-order chi connectivity index (χ0) is 29.2. The molecule has 4 atom stereocenters. The lowest BCUT2D eigenvalue weighted by Crippen LogP contribution is -2.49. The Morgan fingerprint density at radius 3 is 2.35 bits per heavy atom. The smallest absolute Gasteiger partial charge is 0.237 e. The monoisotopic (exact) mass is 592 g/mol. The summed E-state index contributed by atoms with van der Waals surface area (Å²) in [5, 5.41) is 16.6. The maximum Gasteiger partial charge on any atom is 0.237 e. The standard InChI is InChI=1S/C31H36Cl2F2N2O3/c1-29(2,3)15-25-31(18-13-22(35)20(33)14-23(18)36-28(31)39)26(17-5-6-21(34)19(32)12-17)27(37-25)24(38)11-16-7-9-30(4,40)10-8-16/h5-6,12-14,16,25-27,37,40H,7-11,15H2,1-4H3,(H,36,39)/t16?,25-,26+,27+,30?,31+/m1/s1. The Kier molecular flexibility index (Phi) is 7.61. The van der Waals surface area contributed by atoms with Gasteiger partial charge in [-0.2, -0.15) is 0 Å². The van der Waals surface area contributed by atoms with Crippen molar-refractivity contribution in [2.75, 3.05) is 5.32 Å². The third-order valence-electron chi connectivity index (χ3n) is 9.02. The predicted molar refractivity (Wildman–Crippen MR) is 153 cm³/mol. The van der Waals surface area contributed by atoms with Crippen molar-refractivity contribution in [2.45, 2.75) is 95.2 Å². The molecule has 5 nitrogen and oxygen atoms in total. The molecule has 2 aromatic carbocycles. The third kappa shape index (κ3) is 5.19. The van der Waals surface area contributed by atoms with Crippen LogP contribution in [0, 0.1) is 23.0 Å². The number of aliphatic hydroxyl groups is 1. The highest BCUT2D eigenvalue weighted by atomic mass is 35.5. The van der Waals surface area contributed by atoms with Crippen molar-refractivity contribution < 1.29 is 23.5 Å². The summed E-state index contributed by atoms with van der Waals surface area (Å²) in [6.07, 6.45) is 3.47. The number of anilines is 1. The second-order valence-corrected chi connectivity index (χ2v) is 14.2. The van der Waals surface area contributed by atoms with E-state index < -0.39 is 40.7 Å². The van der Waals surface area contributed by atoms with E-state index in [9.17, 15) is 19.1 Å². The van der Waals surface area contributed by atoms with Crippen molar-refractivity contribution in [1.82, 2.24) is 5.32 Å². The molecule has 2 aromatic rings. The highest BCUT2D eigenvalue weighted by Crippen LogP contribution is 2.57. The van der Waals surface area contributed by atoms with E-state index in [1.165, 1.54) is 24.3 Å². The molecular weight excluding hydrogens is 557 g/mol. The van der Waals surface area contributed by atoms with Crippen molar-refractivity contribution >= 4 is 40.6 Å². The summed E-state index contributed by atoms with van der Waals surface area (Å²) >= 11 is 12.3. The van der Waals surface area contributed by atoms with Crippen LogP contribution in [0.4, 0.5) is 14.5 Å². The van der Waals surface area contributed by atoms with Crippen molar-refractivity contribution in [1.29, 1.82) is 0 Å². The molecule has 2 heterocycles. The van der Waals surface area contributed by atoms with E-state index >= 15 is 4.39 Å². The van der Waals surface area contributed by atoms with Crippen molar-refractivity contribution in [3.63, 3.8) is 0 Å². The number of hydrogen-bond donors (Lipinski definition) is 3. The minimum Gasteiger partial charge on any atom is -0.390 e. The first-order valence-electron chi connectivity index (χ1n) is 13.9. The largest absolute Gasteiger partial charge is 0.390 e. The van der Waals surface area contributed by atoms with Crippen LogP contribution in [0.3, 0.4) is 0 Å². The molecule has 2 fully saturated rings. The normalized spacial score (nSPS) is 31.9. The first kappa shape index (κ1) is 29.4. The summed E-state index contributed by atoms with van der Waals surface area (Å²) < 4.78 is 29.3. The molecule has 1 saturated heterocycles. The summed E-state index contributed by atoms with van der Waals surface area (Å²) in [5.41, 5.74) is -0.994. The number of amides is 1. The molecule has 2 aliphatic heterocycles. The minimum atomic E-state index is -1.37. The molecule has 1 amide bonds. The van der Waals surface area contributed by atoms with Gasteiger partial charge in [0.05, 0.1) is 21.7 Å². The Morgan fingerprint density at radius 1 is 1.07 bits per heavy atom. The van der Waals surface area contributed by atoms with E-state index in [1.807, 2.05) is 27.7 Å². The van der Waals surface area contributed by atoms with Gasteiger partial charge in [-0.25, -0.2) is 8.78 Å². The molecule has 0 bridgehead atoms. The molecular formula is C31H36Cl2F2N2O3. The van der Waals surface area contributed by atoms with Crippen LogP contribution < -0.4 is 10.6 Å². The van der Waals surface area contributed by atoms with Crippen molar-refractivity contribution in [2.24, 2.45) is 11.3 Å². The van der Waals surface area contributed by atoms with Crippen molar-refractivity contribution in [3.05, 3.63) is 63.1 Å². The first-order chi connectivity index (χ1) is 18.6. The topological polar surface area (TPSA) is 78.4 Å². The van der Waals surface area contributed by atoms with Crippen LogP contribution in [0.5, 0.6) is 0 Å². The second-order valence-electron chi connectivity index (χ2n) is 13.4. The fraction of sp³-hybridized carbons (Fsp3) is 0.548. The molecule has 40 heavy (non-hydrogen) atoms. The van der Waals surface area contributed by atoms with Gasteiger partial charge in [0.25, 0.3) is 0 Å². The fourth-order valence-electron chi connectivity index (χ4n) is 7.11. The zero-order valence-electron chi connectivity index (χ0n) is 23.2. The maximum absolute atomic E-state index is 15.0. The van der Waals surface area contributed by atoms with Crippen LogP contribution >= 0.6 is 23.2 Å². The van der Waals surface area contributed by atoms with Gasteiger partial charge >= 0.3 is 0 Å². The van der Waals surface area contributed by atoms with Crippen LogP contribution in [0.15, 0.2) is 30.3 Å². The van der Waals surface area contributed by atoms with E-state index in [-0.39, 0.29) is 39.5 Å². The number of benzene rings is 2. The van der Waals surface area contributed by atoms with Crippen LogP contribution in [0.25, 0.3) is 0 Å². The molecule has 3 N–H and O–H groups in total. The molecule has 0 radical (unpaired) electrons. The highest BCUT2D eigenvalue weighted by Gasteiger charge is 2.65. The van der Waals surface area contributed by atoms with E-state index in [0.717, 1.165) is 12.8 Å². The fourth-order valence-corrected chi connectivity index (χ4v) is 7.46. The summed E-state index contributed by atoms with van der Waals surface area (Å²) in [5.74, 6) is -2.37. The molecule has 216 valence electrons. The number of carbonyl (C=O) groups excluding carboxylic acids is 2. The Labute approximate surface area is 244 Å². The van der Waals surface area contributed by atoms with Crippen LogP contribution in [0.1, 0.15) is 83.3 Å². The predicted octanol–water partition coefficient (Wildman–Crippen LogP) is 6.92. The van der Waals surface area contributed by atoms with Gasteiger partial charge in [0, 0.05) is 24.1 Å². The van der Waals surface area contributed by atoms with E-state index in [0.29, 0.717) is 36.1 Å². The average molecular weight is 594 g/mol. The molecule has 5 rings (SSSR count). The van der Waals surface area contributed by atoms with Gasteiger partial charge in [0.2, 0.25) is 5.91 Å². The molecule has 3 aliphatic rings. The van der Waals surface area contributed by atoms with E-state index in [4.69, 9.17) is 23.2 Å². The number of carbonyl (C=O) groups is 2. The second kappa shape index (κ2) is 10.3. The molecule has 0 unspecified atom stereocenters. The number of Topliss-reactive ketones (excluding diaryl/α,β-unsaturated/α-hetero) is 1. The number of rotatable bonds is 5. The number of hydrogen-bond acceptors (Lipinski definition) is 4. The Bertz CT molecular complexity index is 1350. The van der Waals surface area contributed by atoms with Crippen LogP contribution in [-0.4, -0.2) is 34.5 Å². The zero-order valence-corrected chi connectivity index (χ0v) is 24.7. The highest BCUT2D eigenvalue weighted by molar-refractivity contribution is 6.31. The summed E-state index contributed by atoms with van der Waals surface area (Å²) in [7, 11) is 0. The Morgan fingerprint density at radius 2 is 1.73 bits per heavy atom. The number of ketones is 1. The van der Waals surface area contributed by atoms with Gasteiger partial charge in [0.1, 0.15) is 17.0 Å². The third-order valence-corrected chi connectivity index (χ3v) is 9.60.